The molecule has 0 unspecified atom stereocenters. The fraction of sp³-hybridized carbons (Fsp3) is 0.167. The first-order chi connectivity index (χ1) is 9.11. The zero-order valence-electron chi connectivity index (χ0n) is 9.74. The number of carbonyl (C=O) groups is 2. The molecule has 1 aliphatic rings. The number of carbonyl (C=O) groups excluding carboxylic acids is 2. The minimum Gasteiger partial charge on any atom is -0.320 e. The molecule has 2 amide bonds. The summed E-state index contributed by atoms with van der Waals surface area (Å²) < 4.78 is 13.3. The largest absolute Gasteiger partial charge is 0.320 e. The number of anilines is 1. The first-order valence-corrected chi connectivity index (χ1v) is 5.47. The Labute approximate surface area is 107 Å². The zero-order valence-corrected chi connectivity index (χ0v) is 9.74. The van der Waals surface area contributed by atoms with Gasteiger partial charge in [-0.15, -0.1) is 0 Å². The maximum atomic E-state index is 13.3. The van der Waals surface area contributed by atoms with Gasteiger partial charge in [0.15, 0.2) is 0 Å². The van der Waals surface area contributed by atoms with E-state index in [0.29, 0.717) is 0 Å². The summed E-state index contributed by atoms with van der Waals surface area (Å²) in [6.07, 6.45) is 0.370. The first kappa shape index (κ1) is 12.7. The second-order valence-corrected chi connectivity index (χ2v) is 3.82. The predicted octanol–water partition coefficient (Wildman–Crippen LogP) is 0.902. The lowest BCUT2D eigenvalue weighted by Gasteiger charge is -2.12. The molecular formula is C12H9FN4O2. The third kappa shape index (κ3) is 2.74. The first-order valence-electron chi connectivity index (χ1n) is 5.47. The monoisotopic (exact) mass is 260 g/mol. The molecule has 0 saturated carbocycles. The number of benzene rings is 1. The third-order valence-corrected chi connectivity index (χ3v) is 2.54. The van der Waals surface area contributed by atoms with Crippen molar-refractivity contribution in [1.29, 1.82) is 5.26 Å². The molecule has 0 saturated heterocycles. The van der Waals surface area contributed by atoms with Gasteiger partial charge in [0.25, 0.3) is 5.91 Å². The molecular weight excluding hydrogens is 251 g/mol. The van der Waals surface area contributed by atoms with Gasteiger partial charge < -0.3 is 5.32 Å². The topological polar surface area (TPSA) is 94.3 Å². The maximum absolute atomic E-state index is 13.3. The summed E-state index contributed by atoms with van der Waals surface area (Å²) in [5.74, 6) is -1.54. The van der Waals surface area contributed by atoms with E-state index in [9.17, 15) is 14.0 Å². The Hall–Kier alpha value is -2.75. The molecule has 1 heterocycles. The lowest BCUT2D eigenvalue weighted by atomic mass is 10.1. The van der Waals surface area contributed by atoms with Crippen LogP contribution in [0.4, 0.5) is 10.1 Å². The number of hydrazone groups is 1. The van der Waals surface area contributed by atoms with Gasteiger partial charge in [-0.25, -0.2) is 9.82 Å². The van der Waals surface area contributed by atoms with Crippen molar-refractivity contribution in [3.8, 4) is 6.07 Å². The molecule has 0 radical (unpaired) electrons. The number of rotatable bonds is 2. The molecule has 0 spiro atoms. The molecule has 0 aliphatic carbocycles. The molecule has 1 aromatic rings. The van der Waals surface area contributed by atoms with Gasteiger partial charge in [0.2, 0.25) is 5.91 Å². The smallest absolute Gasteiger partial charge is 0.271 e. The van der Waals surface area contributed by atoms with Crippen molar-refractivity contribution in [1.82, 2.24) is 5.43 Å². The summed E-state index contributed by atoms with van der Waals surface area (Å²) in [6, 6.07) is 5.61. The molecule has 7 heteroatoms. The highest BCUT2D eigenvalue weighted by Gasteiger charge is 2.19. The summed E-state index contributed by atoms with van der Waals surface area (Å²) in [4.78, 5) is 22.7. The van der Waals surface area contributed by atoms with Crippen LogP contribution in [0.5, 0.6) is 0 Å². The summed E-state index contributed by atoms with van der Waals surface area (Å²) in [7, 11) is 0. The van der Waals surface area contributed by atoms with E-state index in [0.717, 1.165) is 6.07 Å². The molecule has 1 aliphatic heterocycles. The standard InChI is InChI=1S/C12H9FN4O2/c13-8-2-1-3-9(7(8)6-14)15-12(19)10-4-5-11(18)17-16-10/h1-3H,4-5H2,(H,15,19)(H,17,18). The van der Waals surface area contributed by atoms with E-state index < -0.39 is 11.7 Å². The lowest BCUT2D eigenvalue weighted by molar-refractivity contribution is -0.121. The number of nitrogens with zero attached hydrogens (tertiary/aromatic N) is 2. The quantitative estimate of drug-likeness (QED) is 0.827. The molecule has 0 bridgehead atoms. The average Bonchev–Trinajstić information content (AvgIpc) is 2.39. The van der Waals surface area contributed by atoms with Crippen molar-refractivity contribution in [2.24, 2.45) is 5.10 Å². The second-order valence-electron chi connectivity index (χ2n) is 3.82. The molecule has 19 heavy (non-hydrogen) atoms. The fourth-order valence-corrected chi connectivity index (χ4v) is 1.57. The van der Waals surface area contributed by atoms with Crippen LogP contribution in [0.1, 0.15) is 18.4 Å². The van der Waals surface area contributed by atoms with Gasteiger partial charge in [0.1, 0.15) is 23.2 Å². The van der Waals surface area contributed by atoms with E-state index >= 15 is 0 Å². The highest BCUT2D eigenvalue weighted by molar-refractivity contribution is 6.43. The Balaban J connectivity index is 2.18. The van der Waals surface area contributed by atoms with Crippen molar-refractivity contribution < 1.29 is 14.0 Å². The summed E-state index contributed by atoms with van der Waals surface area (Å²) >= 11 is 0. The van der Waals surface area contributed by atoms with Crippen molar-refractivity contribution in [3.05, 3.63) is 29.6 Å². The van der Waals surface area contributed by atoms with Crippen molar-refractivity contribution >= 4 is 23.2 Å². The van der Waals surface area contributed by atoms with Gasteiger partial charge in [-0.05, 0) is 12.1 Å². The molecule has 0 fully saturated rings. The van der Waals surface area contributed by atoms with Crippen LogP contribution in [-0.2, 0) is 9.59 Å². The van der Waals surface area contributed by atoms with E-state index in [4.69, 9.17) is 5.26 Å². The van der Waals surface area contributed by atoms with Gasteiger partial charge in [0, 0.05) is 12.8 Å². The second kappa shape index (κ2) is 5.27. The maximum Gasteiger partial charge on any atom is 0.271 e. The van der Waals surface area contributed by atoms with E-state index in [-0.39, 0.29) is 35.7 Å². The molecule has 6 nitrogen and oxygen atoms in total. The normalized spacial score (nSPS) is 14.1. The highest BCUT2D eigenvalue weighted by Crippen LogP contribution is 2.18. The van der Waals surface area contributed by atoms with Gasteiger partial charge in [-0.2, -0.15) is 10.4 Å². The number of hydrogen-bond acceptors (Lipinski definition) is 4. The SMILES string of the molecule is N#Cc1c(F)cccc1NC(=O)C1=NNC(=O)CC1. The van der Waals surface area contributed by atoms with Gasteiger partial charge in [0.05, 0.1) is 5.69 Å². The molecule has 0 atom stereocenters. The Bertz CT molecular complexity index is 619. The van der Waals surface area contributed by atoms with Crippen LogP contribution in [-0.4, -0.2) is 17.5 Å². The Morgan fingerprint density at radius 2 is 2.26 bits per heavy atom. The molecule has 0 aromatic heterocycles. The zero-order chi connectivity index (χ0) is 13.8. The van der Waals surface area contributed by atoms with Crippen LogP contribution in [0.3, 0.4) is 0 Å². The van der Waals surface area contributed by atoms with Gasteiger partial charge >= 0.3 is 0 Å². The Morgan fingerprint density at radius 3 is 2.89 bits per heavy atom. The van der Waals surface area contributed by atoms with Gasteiger partial charge in [-0.3, -0.25) is 9.59 Å². The van der Waals surface area contributed by atoms with Crippen LogP contribution in [0.25, 0.3) is 0 Å². The third-order valence-electron chi connectivity index (χ3n) is 2.54. The number of nitriles is 1. The number of halogens is 1. The van der Waals surface area contributed by atoms with Crippen LogP contribution in [0.2, 0.25) is 0 Å². The van der Waals surface area contributed by atoms with E-state index in [1.54, 1.807) is 6.07 Å². The summed E-state index contributed by atoms with van der Waals surface area (Å²) in [5.41, 5.74) is 2.16. The fourth-order valence-electron chi connectivity index (χ4n) is 1.57. The molecule has 1 aromatic carbocycles. The van der Waals surface area contributed by atoms with Crippen LogP contribution in [0.15, 0.2) is 23.3 Å². The average molecular weight is 260 g/mol. The Morgan fingerprint density at radius 1 is 1.47 bits per heavy atom. The number of hydrogen-bond donors (Lipinski definition) is 2. The molecule has 96 valence electrons. The highest BCUT2D eigenvalue weighted by atomic mass is 19.1. The molecule has 2 N–H and O–H groups in total. The predicted molar refractivity (Wildman–Crippen MR) is 64.6 cm³/mol. The van der Waals surface area contributed by atoms with Crippen molar-refractivity contribution in [2.45, 2.75) is 12.8 Å². The summed E-state index contributed by atoms with van der Waals surface area (Å²) in [6.45, 7) is 0. The van der Waals surface area contributed by atoms with E-state index in [1.807, 2.05) is 0 Å². The summed E-state index contributed by atoms with van der Waals surface area (Å²) in [5, 5.41) is 14.8. The van der Waals surface area contributed by atoms with Crippen molar-refractivity contribution in [3.63, 3.8) is 0 Å². The van der Waals surface area contributed by atoms with Crippen LogP contribution >= 0.6 is 0 Å². The van der Waals surface area contributed by atoms with E-state index in [2.05, 4.69) is 15.8 Å². The van der Waals surface area contributed by atoms with Crippen molar-refractivity contribution in [2.75, 3.05) is 5.32 Å². The van der Waals surface area contributed by atoms with Crippen LogP contribution in [0, 0.1) is 17.1 Å². The number of nitrogens with one attached hydrogen (secondary N) is 2. The van der Waals surface area contributed by atoms with Gasteiger partial charge in [-0.1, -0.05) is 6.07 Å². The Kier molecular flexibility index (Phi) is 3.52. The van der Waals surface area contributed by atoms with Crippen LogP contribution < -0.4 is 10.7 Å². The number of amides is 2. The minimum atomic E-state index is -0.709. The minimum absolute atomic E-state index is 0.0760. The van der Waals surface area contributed by atoms with E-state index in [1.165, 1.54) is 12.1 Å². The lowest BCUT2D eigenvalue weighted by Crippen LogP contribution is -2.32. The molecule has 2 rings (SSSR count).